The molecule has 0 bridgehead atoms. The SMILES string of the molecule is CNC(=O)c1ccc(C=CC(=O)Nc2ccc[nH]c2=O)cc1. The minimum absolute atomic E-state index is 0.170. The van der Waals surface area contributed by atoms with Gasteiger partial charge in [-0.3, -0.25) is 14.4 Å². The molecular formula is C16H15N3O3. The van der Waals surface area contributed by atoms with Gasteiger partial charge in [-0.05, 0) is 35.9 Å². The Morgan fingerprint density at radius 2 is 1.86 bits per heavy atom. The van der Waals surface area contributed by atoms with Crippen LogP contribution in [0.1, 0.15) is 15.9 Å². The van der Waals surface area contributed by atoms with Crippen molar-refractivity contribution in [2.75, 3.05) is 12.4 Å². The van der Waals surface area contributed by atoms with E-state index in [0.29, 0.717) is 5.56 Å². The van der Waals surface area contributed by atoms with E-state index in [2.05, 4.69) is 15.6 Å². The normalized spacial score (nSPS) is 10.4. The summed E-state index contributed by atoms with van der Waals surface area (Å²) in [7, 11) is 1.56. The molecule has 0 radical (unpaired) electrons. The molecule has 1 aromatic heterocycles. The van der Waals surface area contributed by atoms with Crippen LogP contribution in [-0.2, 0) is 4.79 Å². The topological polar surface area (TPSA) is 91.1 Å². The van der Waals surface area contributed by atoms with E-state index in [9.17, 15) is 14.4 Å². The summed E-state index contributed by atoms with van der Waals surface area (Å²) in [5.41, 5.74) is 1.14. The minimum Gasteiger partial charge on any atom is -0.355 e. The van der Waals surface area contributed by atoms with Gasteiger partial charge in [0, 0.05) is 24.9 Å². The number of aromatic amines is 1. The van der Waals surface area contributed by atoms with Crippen molar-refractivity contribution in [2.45, 2.75) is 0 Å². The van der Waals surface area contributed by atoms with Gasteiger partial charge in [-0.15, -0.1) is 0 Å². The van der Waals surface area contributed by atoms with E-state index in [1.807, 2.05) is 0 Å². The van der Waals surface area contributed by atoms with Crippen LogP contribution in [0.25, 0.3) is 6.08 Å². The summed E-state index contributed by atoms with van der Waals surface area (Å²) in [6.07, 6.45) is 4.41. The molecular weight excluding hydrogens is 282 g/mol. The van der Waals surface area contributed by atoms with Crippen LogP contribution < -0.4 is 16.2 Å². The lowest BCUT2D eigenvalue weighted by molar-refractivity contribution is -0.111. The zero-order valence-corrected chi connectivity index (χ0v) is 11.9. The van der Waals surface area contributed by atoms with Gasteiger partial charge >= 0.3 is 0 Å². The van der Waals surface area contributed by atoms with Crippen molar-refractivity contribution in [2.24, 2.45) is 0 Å². The number of pyridine rings is 1. The molecule has 6 heteroatoms. The first-order valence-corrected chi connectivity index (χ1v) is 6.59. The molecule has 0 spiro atoms. The summed E-state index contributed by atoms with van der Waals surface area (Å²) < 4.78 is 0. The zero-order chi connectivity index (χ0) is 15.9. The average Bonchev–Trinajstić information content (AvgIpc) is 2.55. The Kier molecular flexibility index (Phi) is 4.87. The van der Waals surface area contributed by atoms with Gasteiger partial charge in [0.1, 0.15) is 5.69 Å². The number of rotatable bonds is 4. The van der Waals surface area contributed by atoms with E-state index in [-0.39, 0.29) is 17.2 Å². The summed E-state index contributed by atoms with van der Waals surface area (Å²) in [5.74, 6) is -0.580. The number of H-pyrrole nitrogens is 1. The summed E-state index contributed by atoms with van der Waals surface area (Å²) >= 11 is 0. The lowest BCUT2D eigenvalue weighted by Crippen LogP contribution is -2.17. The number of carbonyl (C=O) groups is 2. The zero-order valence-electron chi connectivity index (χ0n) is 11.9. The smallest absolute Gasteiger partial charge is 0.271 e. The van der Waals surface area contributed by atoms with Crippen molar-refractivity contribution in [3.63, 3.8) is 0 Å². The third-order valence-electron chi connectivity index (χ3n) is 2.90. The number of hydrogen-bond donors (Lipinski definition) is 3. The van der Waals surface area contributed by atoms with E-state index in [1.165, 1.54) is 18.3 Å². The van der Waals surface area contributed by atoms with Crippen molar-refractivity contribution >= 4 is 23.6 Å². The molecule has 0 saturated carbocycles. The first-order valence-electron chi connectivity index (χ1n) is 6.59. The van der Waals surface area contributed by atoms with E-state index >= 15 is 0 Å². The maximum Gasteiger partial charge on any atom is 0.271 e. The molecule has 6 nitrogen and oxygen atoms in total. The molecule has 2 aromatic rings. The van der Waals surface area contributed by atoms with Crippen molar-refractivity contribution in [1.29, 1.82) is 0 Å². The van der Waals surface area contributed by atoms with Crippen LogP contribution in [0.15, 0.2) is 53.5 Å². The standard InChI is InChI=1S/C16H15N3O3/c1-17-15(21)12-7-4-11(5-8-12)6-9-14(20)19-13-3-2-10-18-16(13)22/h2-10H,1H3,(H,17,21)(H,18,22)(H,19,20). The first-order chi connectivity index (χ1) is 10.6. The van der Waals surface area contributed by atoms with E-state index in [0.717, 1.165) is 5.56 Å². The van der Waals surface area contributed by atoms with Crippen LogP contribution in [0.3, 0.4) is 0 Å². The van der Waals surface area contributed by atoms with Crippen LogP contribution in [0, 0.1) is 0 Å². The molecule has 0 aliphatic carbocycles. The summed E-state index contributed by atoms with van der Waals surface area (Å²) in [6, 6.07) is 9.92. The molecule has 0 aliphatic heterocycles. The van der Waals surface area contributed by atoms with E-state index < -0.39 is 5.91 Å². The molecule has 0 aliphatic rings. The Hall–Kier alpha value is -3.15. The molecule has 112 valence electrons. The highest BCUT2D eigenvalue weighted by Gasteiger charge is 2.03. The first kappa shape index (κ1) is 15.2. The number of anilines is 1. The minimum atomic E-state index is -0.410. The highest BCUT2D eigenvalue weighted by molar-refractivity contribution is 6.01. The lowest BCUT2D eigenvalue weighted by Gasteiger charge is -2.01. The van der Waals surface area contributed by atoms with Crippen LogP contribution in [0.4, 0.5) is 5.69 Å². The van der Waals surface area contributed by atoms with Gasteiger partial charge in [-0.2, -0.15) is 0 Å². The number of carbonyl (C=O) groups excluding carboxylic acids is 2. The van der Waals surface area contributed by atoms with Crippen molar-refractivity contribution < 1.29 is 9.59 Å². The van der Waals surface area contributed by atoms with Gasteiger partial charge in [-0.25, -0.2) is 0 Å². The number of hydrogen-bond acceptors (Lipinski definition) is 3. The maximum absolute atomic E-state index is 11.7. The third kappa shape index (κ3) is 3.92. The molecule has 1 heterocycles. The fourth-order valence-electron chi connectivity index (χ4n) is 1.76. The maximum atomic E-state index is 11.7. The molecule has 2 amide bonds. The summed E-state index contributed by atoms with van der Waals surface area (Å²) in [5, 5.41) is 5.02. The molecule has 2 rings (SSSR count). The van der Waals surface area contributed by atoms with Gasteiger partial charge in [-0.1, -0.05) is 12.1 Å². The predicted octanol–water partition coefficient (Wildman–Crippen LogP) is 1.39. The summed E-state index contributed by atoms with van der Waals surface area (Å²) in [6.45, 7) is 0. The quantitative estimate of drug-likeness (QED) is 0.745. The highest BCUT2D eigenvalue weighted by Crippen LogP contribution is 2.06. The van der Waals surface area contributed by atoms with Crippen molar-refractivity contribution in [3.05, 3.63) is 70.2 Å². The van der Waals surface area contributed by atoms with Gasteiger partial charge in [0.15, 0.2) is 0 Å². The van der Waals surface area contributed by atoms with Crippen molar-refractivity contribution in [1.82, 2.24) is 10.3 Å². The largest absolute Gasteiger partial charge is 0.355 e. The van der Waals surface area contributed by atoms with Crippen LogP contribution in [-0.4, -0.2) is 23.8 Å². The number of amides is 2. The number of aromatic nitrogens is 1. The lowest BCUT2D eigenvalue weighted by atomic mass is 10.1. The molecule has 0 unspecified atom stereocenters. The molecule has 22 heavy (non-hydrogen) atoms. The van der Waals surface area contributed by atoms with Gasteiger partial charge in [0.2, 0.25) is 5.91 Å². The van der Waals surface area contributed by atoms with Crippen LogP contribution >= 0.6 is 0 Å². The molecule has 0 fully saturated rings. The van der Waals surface area contributed by atoms with Gasteiger partial charge < -0.3 is 15.6 Å². The molecule has 0 atom stereocenters. The Balaban J connectivity index is 2.02. The van der Waals surface area contributed by atoms with Crippen LogP contribution in [0.2, 0.25) is 0 Å². The van der Waals surface area contributed by atoms with E-state index in [1.54, 1.807) is 43.5 Å². The van der Waals surface area contributed by atoms with Crippen LogP contribution in [0.5, 0.6) is 0 Å². The van der Waals surface area contributed by atoms with Crippen molar-refractivity contribution in [3.8, 4) is 0 Å². The average molecular weight is 297 g/mol. The number of benzene rings is 1. The second kappa shape index (κ2) is 7.03. The fraction of sp³-hybridized carbons (Fsp3) is 0.0625. The Morgan fingerprint density at radius 3 is 2.50 bits per heavy atom. The number of nitrogens with one attached hydrogen (secondary N) is 3. The monoisotopic (exact) mass is 297 g/mol. The molecule has 1 aromatic carbocycles. The predicted molar refractivity (Wildman–Crippen MR) is 84.6 cm³/mol. The van der Waals surface area contributed by atoms with Gasteiger partial charge in [0.05, 0.1) is 0 Å². The Labute approximate surface area is 126 Å². The van der Waals surface area contributed by atoms with Gasteiger partial charge in [0.25, 0.3) is 11.5 Å². The second-order valence-corrected chi connectivity index (χ2v) is 4.44. The van der Waals surface area contributed by atoms with E-state index in [4.69, 9.17) is 0 Å². The molecule has 3 N–H and O–H groups in total. The Bertz CT molecular complexity index is 761. The Morgan fingerprint density at radius 1 is 1.14 bits per heavy atom. The third-order valence-corrected chi connectivity index (χ3v) is 2.90. The molecule has 0 saturated heterocycles. The summed E-state index contributed by atoms with van der Waals surface area (Å²) in [4.78, 5) is 37.0. The fourth-order valence-corrected chi connectivity index (χ4v) is 1.76. The highest BCUT2D eigenvalue weighted by atomic mass is 16.2. The second-order valence-electron chi connectivity index (χ2n) is 4.44.